The van der Waals surface area contributed by atoms with E-state index in [-0.39, 0.29) is 0 Å². The molecular formula is C24H41N2O+. The number of nitrogens with zero attached hydrogens (tertiary/aromatic N) is 2. The van der Waals surface area contributed by atoms with Crippen LogP contribution in [0.2, 0.25) is 0 Å². The molecule has 0 aliphatic rings. The minimum atomic E-state index is 0.666. The van der Waals surface area contributed by atoms with Crippen LogP contribution in [0.5, 0.6) is 0 Å². The van der Waals surface area contributed by atoms with Crippen LogP contribution in [0.1, 0.15) is 90.9 Å². The Labute approximate surface area is 166 Å². The lowest BCUT2D eigenvalue weighted by Gasteiger charge is -2.02. The number of fused-ring (bicyclic) bond motifs is 1. The third kappa shape index (κ3) is 8.04. The molecule has 1 aromatic heterocycles. The van der Waals surface area contributed by atoms with E-state index >= 15 is 0 Å². The number of aromatic nitrogens is 2. The summed E-state index contributed by atoms with van der Waals surface area (Å²) in [5, 5.41) is 0. The van der Waals surface area contributed by atoms with Crippen molar-refractivity contribution in [1.82, 2.24) is 4.57 Å². The van der Waals surface area contributed by atoms with Gasteiger partial charge in [0.15, 0.2) is 17.8 Å². The van der Waals surface area contributed by atoms with Gasteiger partial charge in [-0.3, -0.25) is 0 Å². The summed E-state index contributed by atoms with van der Waals surface area (Å²) in [5.74, 6) is 0. The van der Waals surface area contributed by atoms with Gasteiger partial charge in [-0.1, -0.05) is 83.8 Å². The van der Waals surface area contributed by atoms with E-state index in [0.29, 0.717) is 6.73 Å². The first-order chi connectivity index (χ1) is 13.4. The van der Waals surface area contributed by atoms with Crippen LogP contribution in [0.3, 0.4) is 0 Å². The third-order valence-corrected chi connectivity index (χ3v) is 5.40. The second-order valence-electron chi connectivity index (χ2n) is 7.84. The minimum Gasteiger partial charge on any atom is -0.342 e. The Morgan fingerprint density at radius 2 is 1.41 bits per heavy atom. The van der Waals surface area contributed by atoms with E-state index in [1.807, 2.05) is 0 Å². The topological polar surface area (TPSA) is 18.0 Å². The monoisotopic (exact) mass is 373 g/mol. The highest BCUT2D eigenvalue weighted by Crippen LogP contribution is 2.13. The molecule has 3 heteroatoms. The normalized spacial score (nSPS) is 11.5. The summed E-state index contributed by atoms with van der Waals surface area (Å²) in [6.07, 6.45) is 18.2. The number of para-hydroxylation sites is 2. The molecule has 0 aliphatic heterocycles. The average molecular weight is 374 g/mol. The maximum absolute atomic E-state index is 5.97. The lowest BCUT2D eigenvalue weighted by atomic mass is 10.1. The highest BCUT2D eigenvalue weighted by atomic mass is 16.5. The van der Waals surface area contributed by atoms with Gasteiger partial charge >= 0.3 is 0 Å². The van der Waals surface area contributed by atoms with E-state index in [4.69, 9.17) is 4.74 Å². The Hall–Kier alpha value is -1.35. The molecule has 0 saturated carbocycles. The highest BCUT2D eigenvalue weighted by Gasteiger charge is 2.14. The van der Waals surface area contributed by atoms with E-state index < -0.39 is 0 Å². The number of unbranched alkanes of at least 4 members (excludes halogenated alkanes) is 10. The molecule has 0 N–H and O–H groups in total. The summed E-state index contributed by atoms with van der Waals surface area (Å²) < 4.78 is 10.6. The summed E-state index contributed by atoms with van der Waals surface area (Å²) >= 11 is 0. The van der Waals surface area contributed by atoms with Gasteiger partial charge in [0.05, 0.1) is 13.2 Å². The zero-order valence-electron chi connectivity index (χ0n) is 17.8. The summed E-state index contributed by atoms with van der Waals surface area (Å²) in [7, 11) is 0. The van der Waals surface area contributed by atoms with Crippen molar-refractivity contribution in [3.05, 3.63) is 30.6 Å². The number of ether oxygens (including phenoxy) is 1. The predicted octanol–water partition coefficient (Wildman–Crippen LogP) is 6.62. The molecule has 0 radical (unpaired) electrons. The molecule has 1 heterocycles. The number of benzene rings is 1. The van der Waals surface area contributed by atoms with Crippen molar-refractivity contribution in [2.75, 3.05) is 6.61 Å². The molecular weight excluding hydrogens is 332 g/mol. The van der Waals surface area contributed by atoms with Gasteiger partial charge in [0.25, 0.3) is 0 Å². The summed E-state index contributed by atoms with van der Waals surface area (Å²) in [4.78, 5) is 0. The molecule has 2 rings (SSSR count). The molecule has 27 heavy (non-hydrogen) atoms. The van der Waals surface area contributed by atoms with Gasteiger partial charge in [0.2, 0.25) is 6.33 Å². The number of hydrogen-bond donors (Lipinski definition) is 0. The Bertz CT molecular complexity index is 620. The van der Waals surface area contributed by atoms with Gasteiger partial charge in [0.1, 0.15) is 0 Å². The number of hydrogen-bond acceptors (Lipinski definition) is 1. The summed E-state index contributed by atoms with van der Waals surface area (Å²) in [6, 6.07) is 8.71. The first kappa shape index (κ1) is 21.9. The van der Waals surface area contributed by atoms with Crippen LogP contribution in [-0.4, -0.2) is 11.2 Å². The standard InChI is InChI=1S/C24H41N2O/c1-3-5-7-9-11-15-19-25-21-26(24-18-14-13-17-23(24)25)22-27-20-16-12-10-8-6-4-2/h13-14,17-18,21H,3-12,15-16,19-20,22H2,1-2H3/q+1. The van der Waals surface area contributed by atoms with Gasteiger partial charge in [-0.2, -0.15) is 0 Å². The number of rotatable bonds is 16. The maximum atomic E-state index is 5.97. The fourth-order valence-electron chi connectivity index (χ4n) is 3.73. The first-order valence-corrected chi connectivity index (χ1v) is 11.4. The Kier molecular flexibility index (Phi) is 11.2. The highest BCUT2D eigenvalue weighted by molar-refractivity contribution is 5.71. The van der Waals surface area contributed by atoms with Gasteiger partial charge in [0, 0.05) is 0 Å². The molecule has 0 aliphatic carbocycles. The van der Waals surface area contributed by atoms with Crippen molar-refractivity contribution in [3.8, 4) is 0 Å². The van der Waals surface area contributed by atoms with E-state index in [1.165, 1.54) is 88.1 Å². The molecule has 152 valence electrons. The Morgan fingerprint density at radius 1 is 0.778 bits per heavy atom. The van der Waals surface area contributed by atoms with Crippen LogP contribution in [0, 0.1) is 0 Å². The smallest absolute Gasteiger partial charge is 0.246 e. The molecule has 0 fully saturated rings. The van der Waals surface area contributed by atoms with E-state index in [2.05, 4.69) is 53.6 Å². The van der Waals surface area contributed by atoms with E-state index in [9.17, 15) is 0 Å². The van der Waals surface area contributed by atoms with Gasteiger partial charge in [-0.25, -0.2) is 9.13 Å². The first-order valence-electron chi connectivity index (χ1n) is 11.4. The fourth-order valence-corrected chi connectivity index (χ4v) is 3.73. The molecule has 0 atom stereocenters. The predicted molar refractivity (Wildman–Crippen MR) is 115 cm³/mol. The Balaban J connectivity index is 1.76. The van der Waals surface area contributed by atoms with Crippen molar-refractivity contribution >= 4 is 11.0 Å². The molecule has 0 spiro atoms. The van der Waals surface area contributed by atoms with Crippen LogP contribution in [0.4, 0.5) is 0 Å². The Morgan fingerprint density at radius 3 is 2.15 bits per heavy atom. The average Bonchev–Trinajstić information content (AvgIpc) is 3.05. The minimum absolute atomic E-state index is 0.666. The molecule has 1 aromatic carbocycles. The van der Waals surface area contributed by atoms with Crippen LogP contribution in [0.25, 0.3) is 11.0 Å². The van der Waals surface area contributed by atoms with Gasteiger partial charge in [-0.15, -0.1) is 0 Å². The molecule has 3 nitrogen and oxygen atoms in total. The third-order valence-electron chi connectivity index (χ3n) is 5.40. The SMILES string of the molecule is CCCCCCCCOC[n+]1cn(CCCCCCCC)c2ccccc21. The summed E-state index contributed by atoms with van der Waals surface area (Å²) in [6.45, 7) is 7.19. The zero-order valence-corrected chi connectivity index (χ0v) is 17.8. The fraction of sp³-hybridized carbons (Fsp3) is 0.708. The largest absolute Gasteiger partial charge is 0.342 e. The van der Waals surface area contributed by atoms with Crippen LogP contribution in [0.15, 0.2) is 30.6 Å². The van der Waals surface area contributed by atoms with Crippen LogP contribution < -0.4 is 4.57 Å². The zero-order chi connectivity index (χ0) is 19.2. The van der Waals surface area contributed by atoms with E-state index in [0.717, 1.165) is 13.2 Å². The van der Waals surface area contributed by atoms with Crippen molar-refractivity contribution < 1.29 is 9.30 Å². The van der Waals surface area contributed by atoms with Crippen LogP contribution >= 0.6 is 0 Å². The number of aryl methyl sites for hydroxylation is 1. The molecule has 0 bridgehead atoms. The van der Waals surface area contributed by atoms with Crippen LogP contribution in [-0.2, 0) is 18.0 Å². The van der Waals surface area contributed by atoms with Crippen molar-refractivity contribution in [2.45, 2.75) is 104 Å². The maximum Gasteiger partial charge on any atom is 0.246 e. The van der Waals surface area contributed by atoms with Gasteiger partial charge < -0.3 is 4.74 Å². The molecule has 0 amide bonds. The second-order valence-corrected chi connectivity index (χ2v) is 7.84. The molecule has 0 unspecified atom stereocenters. The lowest BCUT2D eigenvalue weighted by molar-refractivity contribution is -0.710. The van der Waals surface area contributed by atoms with Crippen molar-refractivity contribution in [2.24, 2.45) is 0 Å². The van der Waals surface area contributed by atoms with Crippen molar-refractivity contribution in [1.29, 1.82) is 0 Å². The summed E-state index contributed by atoms with van der Waals surface area (Å²) in [5.41, 5.74) is 2.61. The lowest BCUT2D eigenvalue weighted by Crippen LogP contribution is -2.34. The molecule has 0 saturated heterocycles. The second kappa shape index (κ2) is 13.8. The molecule has 2 aromatic rings. The number of imidazole rings is 1. The van der Waals surface area contributed by atoms with Gasteiger partial charge in [-0.05, 0) is 31.4 Å². The van der Waals surface area contributed by atoms with E-state index in [1.54, 1.807) is 0 Å². The quantitative estimate of drug-likeness (QED) is 0.239. The van der Waals surface area contributed by atoms with Crippen molar-refractivity contribution in [3.63, 3.8) is 0 Å².